The van der Waals surface area contributed by atoms with Crippen molar-refractivity contribution in [2.45, 2.75) is 25.4 Å². The van der Waals surface area contributed by atoms with E-state index in [9.17, 15) is 9.59 Å². The third kappa shape index (κ3) is 3.50. The van der Waals surface area contributed by atoms with E-state index in [0.717, 1.165) is 12.8 Å². The topological polar surface area (TPSA) is 97.5 Å². The first kappa shape index (κ1) is 13.5. The highest BCUT2D eigenvalue weighted by molar-refractivity contribution is 5.84. The maximum Gasteiger partial charge on any atom is 0.358 e. The van der Waals surface area contributed by atoms with Crippen LogP contribution in [0.1, 0.15) is 23.3 Å². The Kier molecular flexibility index (Phi) is 4.10. The van der Waals surface area contributed by atoms with Crippen LogP contribution >= 0.6 is 0 Å². The fourth-order valence-corrected chi connectivity index (χ4v) is 1.79. The van der Waals surface area contributed by atoms with Crippen LogP contribution in [0.4, 0.5) is 0 Å². The number of aromatic carboxylic acids is 1. The van der Waals surface area contributed by atoms with Crippen molar-refractivity contribution in [2.24, 2.45) is 0 Å². The molecule has 1 amide bonds. The molecule has 8 heteroatoms. The van der Waals surface area contributed by atoms with Gasteiger partial charge in [-0.05, 0) is 12.8 Å². The minimum Gasteiger partial charge on any atom is -0.476 e. The van der Waals surface area contributed by atoms with E-state index in [1.165, 1.54) is 10.9 Å². The minimum absolute atomic E-state index is 0.000490. The van der Waals surface area contributed by atoms with Gasteiger partial charge in [-0.3, -0.25) is 4.79 Å². The Morgan fingerprint density at radius 2 is 2.32 bits per heavy atom. The van der Waals surface area contributed by atoms with E-state index in [2.05, 4.69) is 10.3 Å². The molecule has 8 nitrogen and oxygen atoms in total. The fraction of sp³-hybridized carbons (Fsp3) is 0.636. The standard InChI is InChI=1S/C11H16N4O4/c1-19-5-4-15(8-2-3-8)10(16)7-14-6-9(11(17)18)12-13-14/h6,8H,2-5,7H2,1H3,(H,17,18). The van der Waals surface area contributed by atoms with E-state index in [0.29, 0.717) is 13.2 Å². The molecule has 1 fully saturated rings. The van der Waals surface area contributed by atoms with E-state index in [1.807, 2.05) is 0 Å². The molecule has 1 heterocycles. The molecule has 0 unspecified atom stereocenters. The van der Waals surface area contributed by atoms with Crippen LogP contribution in [-0.4, -0.2) is 63.2 Å². The van der Waals surface area contributed by atoms with Crippen molar-refractivity contribution in [3.05, 3.63) is 11.9 Å². The third-order valence-corrected chi connectivity index (χ3v) is 2.90. The van der Waals surface area contributed by atoms with Crippen LogP contribution in [0.2, 0.25) is 0 Å². The van der Waals surface area contributed by atoms with Crippen LogP contribution in [0.15, 0.2) is 6.20 Å². The number of hydrogen-bond donors (Lipinski definition) is 1. The van der Waals surface area contributed by atoms with Crippen molar-refractivity contribution in [3.63, 3.8) is 0 Å². The second-order valence-electron chi connectivity index (χ2n) is 4.42. The Balaban J connectivity index is 1.95. The van der Waals surface area contributed by atoms with Crippen molar-refractivity contribution in [2.75, 3.05) is 20.3 Å². The molecule has 0 spiro atoms. The Bertz CT molecular complexity index is 469. The largest absolute Gasteiger partial charge is 0.476 e. The molecule has 0 bridgehead atoms. The van der Waals surface area contributed by atoms with Crippen LogP contribution in [0.5, 0.6) is 0 Å². The van der Waals surface area contributed by atoms with Crippen LogP contribution in [0.3, 0.4) is 0 Å². The number of amides is 1. The predicted molar refractivity (Wildman–Crippen MR) is 63.6 cm³/mol. The number of hydrogen-bond acceptors (Lipinski definition) is 5. The van der Waals surface area contributed by atoms with Crippen molar-refractivity contribution in [3.8, 4) is 0 Å². The summed E-state index contributed by atoms with van der Waals surface area (Å²) >= 11 is 0. The lowest BCUT2D eigenvalue weighted by molar-refractivity contribution is -0.133. The summed E-state index contributed by atoms with van der Waals surface area (Å²) in [7, 11) is 1.59. The zero-order valence-corrected chi connectivity index (χ0v) is 10.7. The molecule has 1 aliphatic carbocycles. The Hall–Kier alpha value is -1.96. The van der Waals surface area contributed by atoms with E-state index < -0.39 is 5.97 Å². The van der Waals surface area contributed by atoms with Gasteiger partial charge in [0, 0.05) is 19.7 Å². The van der Waals surface area contributed by atoms with Crippen LogP contribution in [0, 0.1) is 0 Å². The summed E-state index contributed by atoms with van der Waals surface area (Å²) in [5, 5.41) is 15.8. The SMILES string of the molecule is COCCN(C(=O)Cn1cc(C(=O)O)nn1)C1CC1. The molecule has 0 aliphatic heterocycles. The van der Waals surface area contributed by atoms with Gasteiger partial charge in [0.2, 0.25) is 5.91 Å². The first-order chi connectivity index (χ1) is 9.11. The average Bonchev–Trinajstić information content (AvgIpc) is 3.09. The number of nitrogens with zero attached hydrogens (tertiary/aromatic N) is 4. The zero-order chi connectivity index (χ0) is 13.8. The Morgan fingerprint density at radius 3 is 2.84 bits per heavy atom. The lowest BCUT2D eigenvalue weighted by atomic mass is 10.4. The quantitative estimate of drug-likeness (QED) is 0.723. The van der Waals surface area contributed by atoms with E-state index in [-0.39, 0.29) is 24.2 Å². The molecule has 0 aromatic carbocycles. The number of methoxy groups -OCH3 is 1. The minimum atomic E-state index is -1.16. The highest BCUT2D eigenvalue weighted by atomic mass is 16.5. The lowest BCUT2D eigenvalue weighted by Gasteiger charge is -2.21. The monoisotopic (exact) mass is 268 g/mol. The highest BCUT2D eigenvalue weighted by Gasteiger charge is 2.32. The normalized spacial score (nSPS) is 14.4. The summed E-state index contributed by atoms with van der Waals surface area (Å²) in [5.74, 6) is -1.25. The average molecular weight is 268 g/mol. The molecule has 1 aromatic rings. The van der Waals surface area contributed by atoms with Gasteiger partial charge in [-0.2, -0.15) is 0 Å². The van der Waals surface area contributed by atoms with Gasteiger partial charge in [-0.1, -0.05) is 5.21 Å². The summed E-state index contributed by atoms with van der Waals surface area (Å²) in [6.45, 7) is 1.03. The number of carboxylic acid groups (broad SMARTS) is 1. The maximum absolute atomic E-state index is 12.1. The molecule has 2 rings (SSSR count). The van der Waals surface area contributed by atoms with Crippen molar-refractivity contribution < 1.29 is 19.4 Å². The molecular weight excluding hydrogens is 252 g/mol. The van der Waals surface area contributed by atoms with Crippen LogP contribution < -0.4 is 0 Å². The molecular formula is C11H16N4O4. The van der Waals surface area contributed by atoms with E-state index >= 15 is 0 Å². The number of carbonyl (C=O) groups excluding carboxylic acids is 1. The van der Waals surface area contributed by atoms with Gasteiger partial charge in [-0.15, -0.1) is 5.10 Å². The maximum atomic E-state index is 12.1. The van der Waals surface area contributed by atoms with Gasteiger partial charge >= 0.3 is 5.97 Å². The number of carboxylic acids is 1. The van der Waals surface area contributed by atoms with Gasteiger partial charge in [-0.25, -0.2) is 9.48 Å². The second-order valence-corrected chi connectivity index (χ2v) is 4.42. The first-order valence-electron chi connectivity index (χ1n) is 6.03. The highest BCUT2D eigenvalue weighted by Crippen LogP contribution is 2.26. The Labute approximate surface area is 109 Å². The predicted octanol–water partition coefficient (Wildman–Crippen LogP) is -0.386. The number of carbonyl (C=O) groups is 2. The van der Waals surface area contributed by atoms with Gasteiger partial charge in [0.05, 0.1) is 12.8 Å². The molecule has 19 heavy (non-hydrogen) atoms. The van der Waals surface area contributed by atoms with E-state index in [1.54, 1.807) is 12.0 Å². The fourth-order valence-electron chi connectivity index (χ4n) is 1.79. The summed E-state index contributed by atoms with van der Waals surface area (Å²) in [6, 6.07) is 0.283. The van der Waals surface area contributed by atoms with Gasteiger partial charge in [0.1, 0.15) is 6.54 Å². The summed E-state index contributed by atoms with van der Waals surface area (Å²) in [4.78, 5) is 24.5. The van der Waals surface area contributed by atoms with Crippen molar-refractivity contribution in [1.82, 2.24) is 19.9 Å². The molecule has 1 N–H and O–H groups in total. The summed E-state index contributed by atoms with van der Waals surface area (Å²) in [5.41, 5.74) is -0.164. The Morgan fingerprint density at radius 1 is 1.58 bits per heavy atom. The molecule has 104 valence electrons. The molecule has 0 atom stereocenters. The molecule has 0 radical (unpaired) electrons. The van der Waals surface area contributed by atoms with Gasteiger partial charge < -0.3 is 14.7 Å². The molecule has 1 aliphatic rings. The number of ether oxygens (including phenoxy) is 1. The lowest BCUT2D eigenvalue weighted by Crippen LogP contribution is -2.38. The van der Waals surface area contributed by atoms with E-state index in [4.69, 9.17) is 9.84 Å². The second kappa shape index (κ2) is 5.79. The van der Waals surface area contributed by atoms with Gasteiger partial charge in [0.15, 0.2) is 5.69 Å². The molecule has 1 aromatic heterocycles. The van der Waals surface area contributed by atoms with Crippen molar-refractivity contribution in [1.29, 1.82) is 0 Å². The summed E-state index contributed by atoms with van der Waals surface area (Å²) in [6.07, 6.45) is 3.27. The summed E-state index contributed by atoms with van der Waals surface area (Å²) < 4.78 is 6.22. The third-order valence-electron chi connectivity index (χ3n) is 2.90. The molecule has 0 saturated heterocycles. The van der Waals surface area contributed by atoms with Gasteiger partial charge in [0.25, 0.3) is 0 Å². The number of aromatic nitrogens is 3. The number of rotatable bonds is 7. The first-order valence-corrected chi connectivity index (χ1v) is 6.03. The van der Waals surface area contributed by atoms with Crippen LogP contribution in [0.25, 0.3) is 0 Å². The smallest absolute Gasteiger partial charge is 0.358 e. The zero-order valence-electron chi connectivity index (χ0n) is 10.7. The van der Waals surface area contributed by atoms with Crippen LogP contribution in [-0.2, 0) is 16.1 Å². The van der Waals surface area contributed by atoms with Crippen molar-refractivity contribution >= 4 is 11.9 Å². The molecule has 1 saturated carbocycles.